The largest absolute Gasteiger partial charge is 0.369 e. The Hall–Kier alpha value is -2.29. The predicted octanol–water partition coefficient (Wildman–Crippen LogP) is 3.84. The van der Waals surface area contributed by atoms with Crippen LogP contribution in [0.1, 0.15) is 25.0 Å². The summed E-state index contributed by atoms with van der Waals surface area (Å²) in [6, 6.07) is 16.3. The van der Waals surface area contributed by atoms with Crippen molar-refractivity contribution in [1.29, 1.82) is 5.41 Å². The quantitative estimate of drug-likeness (QED) is 0.653. The minimum Gasteiger partial charge on any atom is -0.369 e. The molecule has 0 spiro atoms. The second-order valence-corrected chi connectivity index (χ2v) is 4.76. The monoisotopic (exact) mass is 267 g/mol. The first-order chi connectivity index (χ1) is 9.65. The van der Waals surface area contributed by atoms with Gasteiger partial charge in [0.1, 0.15) is 0 Å². The van der Waals surface area contributed by atoms with Crippen molar-refractivity contribution in [3.63, 3.8) is 0 Å². The van der Waals surface area contributed by atoms with E-state index in [0.29, 0.717) is 0 Å². The summed E-state index contributed by atoms with van der Waals surface area (Å²) in [5.74, 6) is 0.0264. The Morgan fingerprint density at radius 2 is 1.20 bits per heavy atom. The summed E-state index contributed by atoms with van der Waals surface area (Å²) in [6.07, 6.45) is 2.01. The molecule has 0 unspecified atom stereocenters. The molecule has 0 radical (unpaired) electrons. The molecule has 104 valence electrons. The Bertz CT molecular complexity index is 523. The smallest absolute Gasteiger partial charge is 0.197 e. The Kier molecular flexibility index (Phi) is 4.41. The number of nitrogens with zero attached hydrogens (tertiary/aromatic N) is 1. The van der Waals surface area contributed by atoms with E-state index < -0.39 is 0 Å². The van der Waals surface area contributed by atoms with E-state index in [1.165, 1.54) is 11.1 Å². The van der Waals surface area contributed by atoms with E-state index in [9.17, 15) is 0 Å². The highest BCUT2D eigenvalue weighted by Gasteiger charge is 2.12. The maximum atomic E-state index is 7.83. The predicted molar refractivity (Wildman–Crippen MR) is 85.7 cm³/mol. The average Bonchev–Trinajstić information content (AvgIpc) is 2.48. The fraction of sp³-hybridized carbons (Fsp3) is 0.235. The fourth-order valence-electron chi connectivity index (χ4n) is 2.19. The summed E-state index contributed by atoms with van der Waals surface area (Å²) < 4.78 is 0. The number of nitrogens with two attached hydrogens (primary N) is 1. The number of hydrogen-bond donors (Lipinski definition) is 2. The molecule has 2 aromatic rings. The normalized spacial score (nSPS) is 10.3. The summed E-state index contributed by atoms with van der Waals surface area (Å²) in [7, 11) is 0. The zero-order valence-corrected chi connectivity index (χ0v) is 12.1. The van der Waals surface area contributed by atoms with E-state index in [4.69, 9.17) is 11.1 Å². The molecular formula is C17H21N3. The second-order valence-electron chi connectivity index (χ2n) is 4.76. The van der Waals surface area contributed by atoms with Crippen LogP contribution in [0.5, 0.6) is 0 Å². The van der Waals surface area contributed by atoms with Crippen molar-refractivity contribution in [3.05, 3.63) is 59.7 Å². The van der Waals surface area contributed by atoms with Crippen LogP contribution >= 0.6 is 0 Å². The highest BCUT2D eigenvalue weighted by atomic mass is 15.2. The highest BCUT2D eigenvalue weighted by Crippen LogP contribution is 2.25. The van der Waals surface area contributed by atoms with Gasteiger partial charge in [-0.25, -0.2) is 0 Å². The Balaban J connectivity index is 2.36. The first kappa shape index (κ1) is 14.1. The molecule has 3 N–H and O–H groups in total. The lowest BCUT2D eigenvalue weighted by atomic mass is 10.1. The van der Waals surface area contributed by atoms with Gasteiger partial charge in [-0.3, -0.25) is 10.3 Å². The van der Waals surface area contributed by atoms with Crippen LogP contribution in [0.4, 0.5) is 11.4 Å². The number of hydrogen-bond acceptors (Lipinski definition) is 1. The number of nitrogens with one attached hydrogen (secondary N) is 1. The van der Waals surface area contributed by atoms with Crippen LogP contribution in [-0.4, -0.2) is 5.96 Å². The van der Waals surface area contributed by atoms with Crippen LogP contribution in [0.2, 0.25) is 0 Å². The molecule has 0 amide bonds. The van der Waals surface area contributed by atoms with E-state index in [-0.39, 0.29) is 5.96 Å². The Morgan fingerprint density at radius 1 is 0.850 bits per heavy atom. The van der Waals surface area contributed by atoms with Crippen LogP contribution in [-0.2, 0) is 12.8 Å². The molecule has 20 heavy (non-hydrogen) atoms. The van der Waals surface area contributed by atoms with E-state index in [2.05, 4.69) is 38.1 Å². The lowest BCUT2D eigenvalue weighted by molar-refractivity contribution is 1.13. The fourth-order valence-corrected chi connectivity index (χ4v) is 2.19. The molecule has 0 heterocycles. The van der Waals surface area contributed by atoms with Gasteiger partial charge in [-0.05, 0) is 48.2 Å². The number of guanidine groups is 1. The van der Waals surface area contributed by atoms with Gasteiger partial charge in [0.2, 0.25) is 0 Å². The third-order valence-corrected chi connectivity index (χ3v) is 3.45. The van der Waals surface area contributed by atoms with Gasteiger partial charge in [0.25, 0.3) is 0 Å². The van der Waals surface area contributed by atoms with Gasteiger partial charge in [-0.2, -0.15) is 0 Å². The Labute approximate surface area is 120 Å². The zero-order chi connectivity index (χ0) is 14.5. The van der Waals surface area contributed by atoms with E-state index in [0.717, 1.165) is 24.2 Å². The maximum absolute atomic E-state index is 7.83. The van der Waals surface area contributed by atoms with Crippen molar-refractivity contribution in [2.24, 2.45) is 5.73 Å². The number of anilines is 2. The van der Waals surface area contributed by atoms with Gasteiger partial charge in [0.15, 0.2) is 5.96 Å². The molecule has 3 heteroatoms. The molecule has 0 aliphatic carbocycles. The maximum Gasteiger partial charge on any atom is 0.197 e. The second kappa shape index (κ2) is 6.24. The van der Waals surface area contributed by atoms with Crippen LogP contribution in [0.25, 0.3) is 0 Å². The van der Waals surface area contributed by atoms with E-state index in [1.807, 2.05) is 24.3 Å². The molecule has 2 aromatic carbocycles. The van der Waals surface area contributed by atoms with Crippen molar-refractivity contribution < 1.29 is 0 Å². The SMILES string of the molecule is CCc1ccc(N(C(=N)N)c2ccc(CC)cc2)cc1. The van der Waals surface area contributed by atoms with E-state index >= 15 is 0 Å². The molecule has 2 rings (SSSR count). The topological polar surface area (TPSA) is 53.1 Å². The van der Waals surface area contributed by atoms with Crippen LogP contribution in [0, 0.1) is 5.41 Å². The summed E-state index contributed by atoms with van der Waals surface area (Å²) in [5.41, 5.74) is 10.1. The number of rotatable bonds is 4. The minimum atomic E-state index is 0.0264. The molecule has 0 bridgehead atoms. The Morgan fingerprint density at radius 3 is 1.45 bits per heavy atom. The van der Waals surface area contributed by atoms with Crippen molar-refractivity contribution in [2.75, 3.05) is 4.90 Å². The zero-order valence-electron chi connectivity index (χ0n) is 12.1. The summed E-state index contributed by atoms with van der Waals surface area (Å²) in [4.78, 5) is 1.75. The van der Waals surface area contributed by atoms with Gasteiger partial charge in [-0.1, -0.05) is 38.1 Å². The van der Waals surface area contributed by atoms with Crippen molar-refractivity contribution in [2.45, 2.75) is 26.7 Å². The first-order valence-electron chi connectivity index (χ1n) is 6.97. The third-order valence-electron chi connectivity index (χ3n) is 3.45. The molecule has 0 aliphatic heterocycles. The van der Waals surface area contributed by atoms with Crippen molar-refractivity contribution in [1.82, 2.24) is 0 Å². The van der Waals surface area contributed by atoms with Crippen molar-refractivity contribution in [3.8, 4) is 0 Å². The van der Waals surface area contributed by atoms with Crippen LogP contribution in [0.15, 0.2) is 48.5 Å². The standard InChI is InChI=1S/C17H21N3/c1-3-13-5-9-15(10-6-13)20(17(18)19)16-11-7-14(4-2)8-12-16/h5-12H,3-4H2,1-2H3,(H3,18,19). The lowest BCUT2D eigenvalue weighted by Gasteiger charge is -2.23. The summed E-state index contributed by atoms with van der Waals surface area (Å²) >= 11 is 0. The molecule has 0 saturated heterocycles. The average molecular weight is 267 g/mol. The van der Waals surface area contributed by atoms with Gasteiger partial charge < -0.3 is 5.73 Å². The van der Waals surface area contributed by atoms with Gasteiger partial charge in [0.05, 0.1) is 0 Å². The van der Waals surface area contributed by atoms with Gasteiger partial charge in [0, 0.05) is 11.4 Å². The molecule has 0 atom stereocenters. The summed E-state index contributed by atoms with van der Waals surface area (Å²) in [6.45, 7) is 4.25. The van der Waals surface area contributed by atoms with Crippen LogP contribution in [0.3, 0.4) is 0 Å². The molecule has 0 saturated carbocycles. The number of aryl methyl sites for hydroxylation is 2. The van der Waals surface area contributed by atoms with Gasteiger partial charge >= 0.3 is 0 Å². The van der Waals surface area contributed by atoms with E-state index in [1.54, 1.807) is 4.90 Å². The minimum absolute atomic E-state index is 0.0264. The molecule has 0 aliphatic rings. The highest BCUT2D eigenvalue weighted by molar-refractivity contribution is 5.99. The molecule has 0 aromatic heterocycles. The lowest BCUT2D eigenvalue weighted by Crippen LogP contribution is -2.32. The van der Waals surface area contributed by atoms with Gasteiger partial charge in [-0.15, -0.1) is 0 Å². The van der Waals surface area contributed by atoms with Crippen molar-refractivity contribution >= 4 is 17.3 Å². The summed E-state index contributed by atoms with van der Waals surface area (Å²) in [5, 5.41) is 7.83. The third kappa shape index (κ3) is 2.99. The van der Waals surface area contributed by atoms with Crippen LogP contribution < -0.4 is 10.6 Å². The first-order valence-corrected chi connectivity index (χ1v) is 6.97. The molecule has 0 fully saturated rings. The molecular weight excluding hydrogens is 246 g/mol. The molecule has 3 nitrogen and oxygen atoms in total. The number of benzene rings is 2.